The Morgan fingerprint density at radius 1 is 1.06 bits per heavy atom. The number of furan rings is 1. The Bertz CT molecular complexity index is 967. The van der Waals surface area contributed by atoms with Crippen LogP contribution in [0.25, 0.3) is 11.0 Å². The first-order valence-electron chi connectivity index (χ1n) is 11.4. The fourth-order valence-electron chi connectivity index (χ4n) is 2.89. The molecule has 1 aromatic carbocycles. The van der Waals surface area contributed by atoms with E-state index in [1.54, 1.807) is 17.9 Å². The van der Waals surface area contributed by atoms with Crippen LogP contribution in [-0.4, -0.2) is 50.6 Å². The van der Waals surface area contributed by atoms with Crippen molar-refractivity contribution in [2.45, 2.75) is 78.7 Å². The lowest BCUT2D eigenvalue weighted by Gasteiger charge is -2.37. The second-order valence-corrected chi connectivity index (χ2v) is 15.5. The van der Waals surface area contributed by atoms with Crippen LogP contribution in [-0.2, 0) is 20.4 Å². The molecule has 0 spiro atoms. The number of nitrogens with zero attached hydrogens (tertiary/aromatic N) is 1. The van der Waals surface area contributed by atoms with Crippen molar-refractivity contribution in [2.24, 2.45) is 0 Å². The number of rotatable bonds is 8. The van der Waals surface area contributed by atoms with Crippen LogP contribution in [0.2, 0.25) is 18.1 Å². The van der Waals surface area contributed by atoms with Crippen molar-refractivity contribution in [2.75, 3.05) is 19.8 Å². The summed E-state index contributed by atoms with van der Waals surface area (Å²) in [5.74, 6) is -0.329. The van der Waals surface area contributed by atoms with Crippen molar-refractivity contribution in [3.05, 3.63) is 35.6 Å². The van der Waals surface area contributed by atoms with Gasteiger partial charge in [0.05, 0.1) is 13.2 Å². The van der Waals surface area contributed by atoms with Gasteiger partial charge in [-0.25, -0.2) is 9.59 Å². The monoisotopic (exact) mass is 477 g/mol. The highest BCUT2D eigenvalue weighted by Gasteiger charge is 2.37. The Hall–Kier alpha value is -2.32. The van der Waals surface area contributed by atoms with Crippen LogP contribution >= 0.6 is 0 Å². The molecule has 8 heteroatoms. The Kier molecular flexibility index (Phi) is 8.40. The first kappa shape index (κ1) is 26.9. The molecule has 2 rings (SSSR count). The lowest BCUT2D eigenvalue weighted by atomic mass is 10.1. The van der Waals surface area contributed by atoms with E-state index in [4.69, 9.17) is 18.3 Å². The number of carbonyl (C=O) groups excluding carboxylic acids is 2. The number of benzene rings is 1. The Morgan fingerprint density at radius 2 is 1.73 bits per heavy atom. The normalized spacial score (nSPS) is 12.6. The highest BCUT2D eigenvalue weighted by Crippen LogP contribution is 2.36. The quantitative estimate of drug-likeness (QED) is 0.325. The summed E-state index contributed by atoms with van der Waals surface area (Å²) in [5.41, 5.74) is 0.831. The molecule has 1 heterocycles. The van der Waals surface area contributed by atoms with E-state index in [-0.39, 0.29) is 17.4 Å². The summed E-state index contributed by atoms with van der Waals surface area (Å²) in [6.07, 6.45) is -0.395. The molecule has 0 bridgehead atoms. The van der Waals surface area contributed by atoms with Gasteiger partial charge in [0.25, 0.3) is 0 Å². The van der Waals surface area contributed by atoms with E-state index in [2.05, 4.69) is 33.9 Å². The van der Waals surface area contributed by atoms with Crippen LogP contribution in [0.1, 0.15) is 64.6 Å². The second-order valence-electron chi connectivity index (χ2n) is 10.7. The van der Waals surface area contributed by atoms with Crippen molar-refractivity contribution in [1.29, 1.82) is 0 Å². The van der Waals surface area contributed by atoms with Crippen LogP contribution in [0.5, 0.6) is 0 Å². The summed E-state index contributed by atoms with van der Waals surface area (Å²) in [7, 11) is -1.93. The third-order valence-electron chi connectivity index (χ3n) is 5.72. The number of ether oxygens (including phenoxy) is 2. The van der Waals surface area contributed by atoms with Gasteiger partial charge in [0.1, 0.15) is 11.2 Å². The zero-order valence-corrected chi connectivity index (χ0v) is 22.5. The van der Waals surface area contributed by atoms with Gasteiger partial charge < -0.3 is 23.2 Å². The predicted molar refractivity (Wildman–Crippen MR) is 132 cm³/mol. The summed E-state index contributed by atoms with van der Waals surface area (Å²) in [6.45, 7) is 19.7. The minimum absolute atomic E-state index is 0.0880. The summed E-state index contributed by atoms with van der Waals surface area (Å²) in [5, 5.41) is 0.886. The fraction of sp³-hybridized carbons (Fsp3) is 0.600. The van der Waals surface area contributed by atoms with Crippen LogP contribution in [0.15, 0.2) is 28.7 Å². The van der Waals surface area contributed by atoms with Crippen LogP contribution < -0.4 is 0 Å². The van der Waals surface area contributed by atoms with Gasteiger partial charge in [0, 0.05) is 18.5 Å². The first-order chi connectivity index (χ1) is 15.1. The fourth-order valence-corrected chi connectivity index (χ4v) is 3.92. The van der Waals surface area contributed by atoms with Crippen molar-refractivity contribution < 1.29 is 27.9 Å². The molecule has 184 valence electrons. The standard InChI is InChI=1S/C25H39NO6Si/c1-10-29-22(27)21-16-19-12-11-18(15-20(19)31-21)17-26(23(28)32-24(2,3)4)13-14-30-33(8,9)25(5,6)7/h11-12,15-16H,10,13-14,17H2,1-9H3. The summed E-state index contributed by atoms with van der Waals surface area (Å²) in [6, 6.07) is 7.29. The molecular weight excluding hydrogens is 438 g/mol. The van der Waals surface area contributed by atoms with Gasteiger partial charge in [-0.3, -0.25) is 0 Å². The smallest absolute Gasteiger partial charge is 0.410 e. The zero-order chi connectivity index (χ0) is 25.0. The maximum atomic E-state index is 12.9. The average molecular weight is 478 g/mol. The molecule has 0 unspecified atom stereocenters. The van der Waals surface area contributed by atoms with Gasteiger partial charge in [-0.15, -0.1) is 0 Å². The number of hydrogen-bond acceptors (Lipinski definition) is 6. The lowest BCUT2D eigenvalue weighted by molar-refractivity contribution is 0.0205. The molecule has 2 aromatic rings. The minimum Gasteiger partial charge on any atom is -0.460 e. The first-order valence-corrected chi connectivity index (χ1v) is 14.4. The number of carbonyl (C=O) groups is 2. The maximum Gasteiger partial charge on any atom is 0.410 e. The molecule has 0 saturated heterocycles. The summed E-state index contributed by atoms with van der Waals surface area (Å²) < 4.78 is 22.6. The number of esters is 1. The Morgan fingerprint density at radius 3 is 2.30 bits per heavy atom. The maximum absolute atomic E-state index is 12.9. The minimum atomic E-state index is -1.93. The molecular formula is C25H39NO6Si. The van der Waals surface area contributed by atoms with E-state index in [1.165, 1.54) is 0 Å². The highest BCUT2D eigenvalue weighted by molar-refractivity contribution is 6.74. The van der Waals surface area contributed by atoms with E-state index in [0.717, 1.165) is 10.9 Å². The zero-order valence-electron chi connectivity index (χ0n) is 21.5. The third kappa shape index (κ3) is 7.60. The van der Waals surface area contributed by atoms with E-state index in [0.29, 0.717) is 25.3 Å². The van der Waals surface area contributed by atoms with Crippen LogP contribution in [0.4, 0.5) is 4.79 Å². The van der Waals surface area contributed by atoms with Gasteiger partial charge in [-0.1, -0.05) is 32.9 Å². The molecule has 0 radical (unpaired) electrons. The van der Waals surface area contributed by atoms with E-state index in [1.807, 2.05) is 39.0 Å². The summed E-state index contributed by atoms with van der Waals surface area (Å²) in [4.78, 5) is 26.5. The molecule has 0 N–H and O–H groups in total. The molecule has 1 amide bonds. The van der Waals surface area contributed by atoms with Gasteiger partial charge >= 0.3 is 12.1 Å². The Balaban J connectivity index is 2.19. The number of amides is 1. The second kappa shape index (κ2) is 10.3. The molecule has 1 aromatic heterocycles. The van der Waals surface area contributed by atoms with Gasteiger partial charge in [0.2, 0.25) is 5.76 Å². The van der Waals surface area contributed by atoms with Crippen molar-refractivity contribution in [3.63, 3.8) is 0 Å². The van der Waals surface area contributed by atoms with Crippen molar-refractivity contribution >= 4 is 31.3 Å². The topological polar surface area (TPSA) is 78.2 Å². The predicted octanol–water partition coefficient (Wildman–Crippen LogP) is 6.37. The molecule has 0 aliphatic rings. The average Bonchev–Trinajstić information content (AvgIpc) is 3.08. The molecule has 0 atom stereocenters. The largest absolute Gasteiger partial charge is 0.460 e. The van der Waals surface area contributed by atoms with E-state index < -0.39 is 26.0 Å². The van der Waals surface area contributed by atoms with Gasteiger partial charge in [0.15, 0.2) is 8.32 Å². The molecule has 33 heavy (non-hydrogen) atoms. The Labute approximate surface area is 198 Å². The SMILES string of the molecule is CCOC(=O)c1cc2ccc(CN(CCO[Si](C)(C)C(C)(C)C)C(=O)OC(C)(C)C)cc2o1. The third-order valence-corrected chi connectivity index (χ3v) is 10.3. The molecule has 0 saturated carbocycles. The molecule has 0 aliphatic heterocycles. The van der Waals surface area contributed by atoms with Crippen LogP contribution in [0, 0.1) is 0 Å². The molecule has 7 nitrogen and oxygen atoms in total. The molecule has 0 aliphatic carbocycles. The lowest BCUT2D eigenvalue weighted by Crippen LogP contribution is -2.44. The van der Waals surface area contributed by atoms with Crippen molar-refractivity contribution in [1.82, 2.24) is 4.90 Å². The van der Waals surface area contributed by atoms with Crippen LogP contribution in [0.3, 0.4) is 0 Å². The van der Waals surface area contributed by atoms with Gasteiger partial charge in [-0.05, 0) is 63.5 Å². The van der Waals surface area contributed by atoms with Crippen molar-refractivity contribution in [3.8, 4) is 0 Å². The molecule has 0 fully saturated rings. The van der Waals surface area contributed by atoms with E-state index in [9.17, 15) is 9.59 Å². The number of fused-ring (bicyclic) bond motifs is 1. The number of hydrogen-bond donors (Lipinski definition) is 0. The summed E-state index contributed by atoms with van der Waals surface area (Å²) >= 11 is 0. The highest BCUT2D eigenvalue weighted by atomic mass is 28.4. The van der Waals surface area contributed by atoms with E-state index >= 15 is 0 Å². The van der Waals surface area contributed by atoms with Gasteiger partial charge in [-0.2, -0.15) is 0 Å².